The number of nitrogens with two attached hydrogens (primary N) is 1. The summed E-state index contributed by atoms with van der Waals surface area (Å²) < 4.78 is 1.48. The number of nitrogens with zero attached hydrogens (tertiary/aromatic N) is 4. The van der Waals surface area contributed by atoms with Crippen molar-refractivity contribution in [3.05, 3.63) is 37.0 Å². The van der Waals surface area contributed by atoms with Gasteiger partial charge in [0.05, 0.1) is 12.4 Å². The molecule has 0 saturated heterocycles. The molecule has 22 heavy (non-hydrogen) atoms. The van der Waals surface area contributed by atoms with Crippen LogP contribution in [0.4, 0.5) is 5.82 Å². The van der Waals surface area contributed by atoms with E-state index in [2.05, 4.69) is 21.5 Å². The molecular formula is C13H15N5O4. The first kappa shape index (κ1) is 14.6. The van der Waals surface area contributed by atoms with Crippen molar-refractivity contribution in [3.63, 3.8) is 0 Å². The molecule has 0 saturated carbocycles. The Morgan fingerprint density at radius 1 is 1.27 bits per heavy atom. The second-order valence-corrected chi connectivity index (χ2v) is 5.06. The summed E-state index contributed by atoms with van der Waals surface area (Å²) in [6.45, 7) is 3.30. The number of aromatic nitrogens is 4. The van der Waals surface area contributed by atoms with Crippen LogP contribution in [0.3, 0.4) is 0 Å². The lowest BCUT2D eigenvalue weighted by Gasteiger charge is -2.23. The Balaban J connectivity index is 2.11. The summed E-state index contributed by atoms with van der Waals surface area (Å²) in [5.41, 5.74) is 6.26. The van der Waals surface area contributed by atoms with E-state index in [4.69, 9.17) is 5.73 Å². The Labute approximate surface area is 124 Å². The molecule has 0 bridgehead atoms. The molecule has 0 fully saturated rings. The predicted octanol–water partition coefficient (Wildman–Crippen LogP) is -1.52. The molecule has 2 aromatic heterocycles. The largest absolute Gasteiger partial charge is 0.388 e. The Hall–Kier alpha value is -2.33. The Kier molecular flexibility index (Phi) is 3.22. The lowest BCUT2D eigenvalue weighted by atomic mass is 10.0. The van der Waals surface area contributed by atoms with Crippen LogP contribution in [0.15, 0.2) is 37.0 Å². The van der Waals surface area contributed by atoms with E-state index in [1.807, 2.05) is 0 Å². The van der Waals surface area contributed by atoms with Crippen molar-refractivity contribution >= 4 is 17.0 Å². The lowest BCUT2D eigenvalue weighted by Crippen LogP contribution is -2.37. The maximum absolute atomic E-state index is 10.2. The number of nitrogen functional groups attached to an aromatic ring is 1. The highest BCUT2D eigenvalue weighted by atomic mass is 16.5. The number of aliphatic hydroxyl groups excluding tert-OH is 2. The zero-order chi connectivity index (χ0) is 16.1. The predicted molar refractivity (Wildman–Crippen MR) is 76.2 cm³/mol. The molecule has 3 rings (SSSR count). The summed E-state index contributed by atoms with van der Waals surface area (Å²) in [7, 11) is 0. The zero-order valence-corrected chi connectivity index (χ0v) is 11.4. The number of imidazole rings is 1. The van der Waals surface area contributed by atoms with Crippen molar-refractivity contribution in [1.29, 1.82) is 0 Å². The molecule has 0 spiro atoms. The highest BCUT2D eigenvalue weighted by Crippen LogP contribution is 2.36. The average Bonchev–Trinajstić information content (AvgIpc) is 3.03. The van der Waals surface area contributed by atoms with Crippen LogP contribution >= 0.6 is 0 Å². The molecule has 9 nitrogen and oxygen atoms in total. The van der Waals surface area contributed by atoms with Crippen molar-refractivity contribution in [2.75, 3.05) is 5.73 Å². The van der Waals surface area contributed by atoms with Gasteiger partial charge in [-0.05, 0) is 6.08 Å². The fourth-order valence-corrected chi connectivity index (χ4v) is 2.54. The van der Waals surface area contributed by atoms with Gasteiger partial charge in [0.1, 0.15) is 24.1 Å². The van der Waals surface area contributed by atoms with Gasteiger partial charge in [0.15, 0.2) is 11.5 Å². The maximum atomic E-state index is 10.2. The normalized spacial score (nSPS) is 25.5. The van der Waals surface area contributed by atoms with Gasteiger partial charge in [-0.15, -0.1) is 0 Å². The molecule has 0 unspecified atom stereocenters. The van der Waals surface area contributed by atoms with Gasteiger partial charge in [-0.25, -0.2) is 15.0 Å². The number of aliphatic hydroxyl groups is 4. The second kappa shape index (κ2) is 4.85. The van der Waals surface area contributed by atoms with Gasteiger partial charge in [-0.3, -0.25) is 0 Å². The average molecular weight is 305 g/mol. The SMILES string of the molecule is C=CC(O)(O)C1=C[C@@H](n2cnc3c(N)ncnc32)[C@H](O)[C@@H]1O. The fourth-order valence-electron chi connectivity index (χ4n) is 2.54. The van der Waals surface area contributed by atoms with E-state index in [1.165, 1.54) is 23.3 Å². The number of hydrogen-bond donors (Lipinski definition) is 5. The van der Waals surface area contributed by atoms with E-state index in [0.717, 1.165) is 6.08 Å². The standard InChI is InChI=1S/C13H15N5O4/c1-2-13(21,22)6-3-7(10(20)9(6)19)18-5-17-8-11(14)15-4-16-12(8)18/h2-5,7,9-10,19-22H,1H2,(H2,14,15,16)/t7-,9-,10+/m1/s1. The summed E-state index contributed by atoms with van der Waals surface area (Å²) in [5.74, 6) is -2.23. The maximum Gasteiger partial charge on any atom is 0.208 e. The van der Waals surface area contributed by atoms with Gasteiger partial charge in [0.25, 0.3) is 0 Å². The zero-order valence-electron chi connectivity index (χ0n) is 11.4. The van der Waals surface area contributed by atoms with Crippen molar-refractivity contribution in [2.45, 2.75) is 24.0 Å². The van der Waals surface area contributed by atoms with Gasteiger partial charge in [0.2, 0.25) is 5.79 Å². The van der Waals surface area contributed by atoms with Crippen LogP contribution in [-0.4, -0.2) is 57.9 Å². The number of hydrogen-bond acceptors (Lipinski definition) is 8. The van der Waals surface area contributed by atoms with Gasteiger partial charge in [-0.1, -0.05) is 12.7 Å². The molecule has 0 amide bonds. The number of anilines is 1. The minimum absolute atomic E-state index is 0.163. The van der Waals surface area contributed by atoms with E-state index >= 15 is 0 Å². The highest BCUT2D eigenvalue weighted by molar-refractivity contribution is 5.81. The van der Waals surface area contributed by atoms with E-state index in [0.29, 0.717) is 11.2 Å². The molecule has 1 aliphatic rings. The van der Waals surface area contributed by atoms with Crippen molar-refractivity contribution < 1.29 is 20.4 Å². The van der Waals surface area contributed by atoms with Crippen LogP contribution in [-0.2, 0) is 0 Å². The minimum atomic E-state index is -2.42. The first-order chi connectivity index (χ1) is 10.4. The van der Waals surface area contributed by atoms with E-state index in [1.54, 1.807) is 0 Å². The first-order valence-electron chi connectivity index (χ1n) is 6.46. The second-order valence-electron chi connectivity index (χ2n) is 5.06. The molecule has 0 aromatic carbocycles. The number of fused-ring (bicyclic) bond motifs is 1. The summed E-state index contributed by atoms with van der Waals surface area (Å²) >= 11 is 0. The quantitative estimate of drug-likeness (QED) is 0.339. The minimum Gasteiger partial charge on any atom is -0.388 e. The topological polar surface area (TPSA) is 151 Å². The van der Waals surface area contributed by atoms with E-state index < -0.39 is 24.0 Å². The summed E-state index contributed by atoms with van der Waals surface area (Å²) in [5, 5.41) is 39.9. The Bertz CT molecular complexity index is 769. The van der Waals surface area contributed by atoms with Gasteiger partial charge >= 0.3 is 0 Å². The molecule has 0 aliphatic heterocycles. The molecule has 2 heterocycles. The van der Waals surface area contributed by atoms with Crippen LogP contribution in [0.2, 0.25) is 0 Å². The monoisotopic (exact) mass is 305 g/mol. The van der Waals surface area contributed by atoms with Crippen LogP contribution in [0.1, 0.15) is 6.04 Å². The molecular weight excluding hydrogens is 290 g/mol. The molecule has 0 radical (unpaired) electrons. The Morgan fingerprint density at radius 3 is 2.68 bits per heavy atom. The molecule has 116 valence electrons. The van der Waals surface area contributed by atoms with Crippen LogP contribution in [0, 0.1) is 0 Å². The third kappa shape index (κ3) is 1.99. The van der Waals surface area contributed by atoms with Gasteiger partial charge in [-0.2, -0.15) is 0 Å². The van der Waals surface area contributed by atoms with Crippen molar-refractivity contribution in [2.24, 2.45) is 0 Å². The summed E-state index contributed by atoms with van der Waals surface area (Å²) in [6, 6.07) is -0.789. The van der Waals surface area contributed by atoms with Crippen molar-refractivity contribution in [1.82, 2.24) is 19.5 Å². The van der Waals surface area contributed by atoms with Crippen molar-refractivity contribution in [3.8, 4) is 0 Å². The smallest absolute Gasteiger partial charge is 0.208 e. The number of rotatable bonds is 3. The molecule has 3 atom stereocenters. The fraction of sp³-hybridized carbons (Fsp3) is 0.308. The third-order valence-electron chi connectivity index (χ3n) is 3.76. The van der Waals surface area contributed by atoms with Gasteiger partial charge < -0.3 is 30.7 Å². The molecule has 1 aliphatic carbocycles. The first-order valence-corrected chi connectivity index (χ1v) is 6.46. The molecule has 2 aromatic rings. The summed E-state index contributed by atoms with van der Waals surface area (Å²) in [6.07, 6.45) is 2.08. The van der Waals surface area contributed by atoms with Gasteiger partial charge in [0, 0.05) is 5.57 Å². The molecule has 9 heteroatoms. The van der Waals surface area contributed by atoms with Crippen LogP contribution < -0.4 is 5.73 Å². The van der Waals surface area contributed by atoms with E-state index in [9.17, 15) is 20.4 Å². The highest BCUT2D eigenvalue weighted by Gasteiger charge is 2.43. The van der Waals surface area contributed by atoms with E-state index in [-0.39, 0.29) is 11.4 Å². The lowest BCUT2D eigenvalue weighted by molar-refractivity contribution is -0.102. The Morgan fingerprint density at radius 2 is 2.00 bits per heavy atom. The summed E-state index contributed by atoms with van der Waals surface area (Å²) in [4.78, 5) is 12.0. The third-order valence-corrected chi connectivity index (χ3v) is 3.76. The molecule has 6 N–H and O–H groups in total. The van der Waals surface area contributed by atoms with Crippen LogP contribution in [0.25, 0.3) is 11.2 Å². The van der Waals surface area contributed by atoms with Crippen LogP contribution in [0.5, 0.6) is 0 Å².